The summed E-state index contributed by atoms with van der Waals surface area (Å²) in [6.07, 6.45) is 4.01. The average Bonchev–Trinajstić information content (AvgIpc) is 2.94. The van der Waals surface area contributed by atoms with Gasteiger partial charge in [0.15, 0.2) is 6.29 Å². The van der Waals surface area contributed by atoms with E-state index in [0.29, 0.717) is 11.3 Å². The third-order valence-electron chi connectivity index (χ3n) is 4.19. The Morgan fingerprint density at radius 3 is 2.00 bits per heavy atom. The summed E-state index contributed by atoms with van der Waals surface area (Å²) >= 11 is 0. The summed E-state index contributed by atoms with van der Waals surface area (Å²) < 4.78 is 0. The molecule has 0 fully saturated rings. The normalized spacial score (nSPS) is 17.0. The van der Waals surface area contributed by atoms with Crippen molar-refractivity contribution in [1.29, 1.82) is 0 Å². The van der Waals surface area contributed by atoms with Gasteiger partial charge >= 0.3 is 0 Å². The molecule has 0 saturated carbocycles. The highest BCUT2D eigenvalue weighted by atomic mass is 16.3. The first-order chi connectivity index (χ1) is 11.8. The Bertz CT molecular complexity index is 918. The molecule has 2 aliphatic carbocycles. The second kappa shape index (κ2) is 5.74. The highest BCUT2D eigenvalue weighted by Gasteiger charge is 2.24. The summed E-state index contributed by atoms with van der Waals surface area (Å²) in [7, 11) is 0. The standard InChI is InChI=1S/C20H14N2O2/c23-12-13-9-10-14(24)11-19(13)21-22-20-17-7-3-1-5-15(17)16-6-2-4-8-18(16)20/h1-10,12,24H,11H2. The van der Waals surface area contributed by atoms with E-state index in [1.165, 1.54) is 6.08 Å². The monoisotopic (exact) mass is 314 g/mol. The fourth-order valence-electron chi connectivity index (χ4n) is 3.03. The fraction of sp³-hybridized carbons (Fsp3) is 0.0500. The van der Waals surface area contributed by atoms with Gasteiger partial charge in [0.05, 0.1) is 11.5 Å². The Balaban J connectivity index is 1.84. The molecule has 2 aromatic rings. The molecule has 1 N–H and O–H groups in total. The maximum absolute atomic E-state index is 11.2. The van der Waals surface area contributed by atoms with Crippen LogP contribution in [0.2, 0.25) is 0 Å². The Hall–Kier alpha value is -3.27. The predicted octanol–water partition coefficient (Wildman–Crippen LogP) is 3.83. The average molecular weight is 314 g/mol. The first kappa shape index (κ1) is 14.3. The molecule has 0 amide bonds. The van der Waals surface area contributed by atoms with Crippen molar-refractivity contribution in [2.24, 2.45) is 10.2 Å². The molecule has 0 radical (unpaired) electrons. The van der Waals surface area contributed by atoms with Gasteiger partial charge < -0.3 is 5.11 Å². The summed E-state index contributed by atoms with van der Waals surface area (Å²) in [5.74, 6) is 0.173. The van der Waals surface area contributed by atoms with Crippen molar-refractivity contribution in [2.45, 2.75) is 6.42 Å². The number of fused-ring (bicyclic) bond motifs is 3. The van der Waals surface area contributed by atoms with Crippen LogP contribution < -0.4 is 0 Å². The molecule has 0 atom stereocenters. The third-order valence-corrected chi connectivity index (χ3v) is 4.19. The minimum absolute atomic E-state index is 0.173. The highest BCUT2D eigenvalue weighted by Crippen LogP contribution is 2.36. The van der Waals surface area contributed by atoms with E-state index in [-0.39, 0.29) is 12.2 Å². The number of benzene rings is 2. The van der Waals surface area contributed by atoms with E-state index in [0.717, 1.165) is 34.3 Å². The number of aliphatic hydroxyl groups is 1. The second-order valence-electron chi connectivity index (χ2n) is 5.66. The number of hydrogen-bond acceptors (Lipinski definition) is 4. The zero-order valence-corrected chi connectivity index (χ0v) is 12.8. The van der Waals surface area contributed by atoms with Crippen LogP contribution in [-0.4, -0.2) is 22.8 Å². The fourth-order valence-corrected chi connectivity index (χ4v) is 3.03. The summed E-state index contributed by atoms with van der Waals surface area (Å²) in [4.78, 5) is 11.2. The number of carbonyl (C=O) groups excluding carboxylic acids is 1. The van der Waals surface area contributed by atoms with Crippen LogP contribution in [0.4, 0.5) is 0 Å². The van der Waals surface area contributed by atoms with Gasteiger partial charge in [-0.2, -0.15) is 5.10 Å². The number of nitrogens with zero attached hydrogens (tertiary/aromatic N) is 2. The summed E-state index contributed by atoms with van der Waals surface area (Å²) in [5, 5.41) is 18.4. The maximum Gasteiger partial charge on any atom is 0.151 e. The van der Waals surface area contributed by atoms with E-state index < -0.39 is 0 Å². The topological polar surface area (TPSA) is 62.0 Å². The SMILES string of the molecule is O=CC1=CC=C(O)CC1=NN=C1c2ccccc2-c2ccccc21. The van der Waals surface area contributed by atoms with Crippen molar-refractivity contribution in [3.8, 4) is 11.1 Å². The Morgan fingerprint density at radius 1 is 0.833 bits per heavy atom. The van der Waals surface area contributed by atoms with Gasteiger partial charge in [0, 0.05) is 23.1 Å². The van der Waals surface area contributed by atoms with Gasteiger partial charge in [-0.05, 0) is 23.3 Å². The first-order valence-corrected chi connectivity index (χ1v) is 7.67. The molecule has 2 aromatic carbocycles. The Kier molecular flexibility index (Phi) is 3.43. The van der Waals surface area contributed by atoms with Crippen molar-refractivity contribution in [1.82, 2.24) is 0 Å². The zero-order valence-electron chi connectivity index (χ0n) is 12.8. The molecule has 0 aliphatic heterocycles. The van der Waals surface area contributed by atoms with Crippen LogP contribution in [-0.2, 0) is 4.79 Å². The lowest BCUT2D eigenvalue weighted by Gasteiger charge is -2.08. The maximum atomic E-state index is 11.2. The zero-order chi connectivity index (χ0) is 16.5. The smallest absolute Gasteiger partial charge is 0.151 e. The summed E-state index contributed by atoms with van der Waals surface area (Å²) in [5.41, 5.74) is 6.00. The van der Waals surface area contributed by atoms with E-state index in [1.54, 1.807) is 6.08 Å². The lowest BCUT2D eigenvalue weighted by atomic mass is 10.0. The number of aliphatic hydroxyl groups excluding tert-OH is 1. The molecule has 24 heavy (non-hydrogen) atoms. The quantitative estimate of drug-likeness (QED) is 0.577. The third kappa shape index (κ3) is 2.29. The number of allylic oxidation sites excluding steroid dienone is 4. The van der Waals surface area contributed by atoms with Gasteiger partial charge in [-0.15, -0.1) is 5.10 Å². The Morgan fingerprint density at radius 2 is 1.42 bits per heavy atom. The van der Waals surface area contributed by atoms with Gasteiger partial charge in [-0.25, -0.2) is 0 Å². The lowest BCUT2D eigenvalue weighted by Crippen LogP contribution is -2.09. The molecule has 0 saturated heterocycles. The van der Waals surface area contributed by atoms with E-state index >= 15 is 0 Å². The van der Waals surface area contributed by atoms with Crippen molar-refractivity contribution in [3.63, 3.8) is 0 Å². The molecule has 2 aliphatic rings. The van der Waals surface area contributed by atoms with Gasteiger partial charge in [0.2, 0.25) is 0 Å². The molecule has 0 aromatic heterocycles. The van der Waals surface area contributed by atoms with E-state index in [1.807, 2.05) is 36.4 Å². The summed E-state index contributed by atoms with van der Waals surface area (Å²) in [6.45, 7) is 0. The van der Waals surface area contributed by atoms with Crippen LogP contribution in [0.5, 0.6) is 0 Å². The van der Waals surface area contributed by atoms with E-state index in [2.05, 4.69) is 22.3 Å². The number of carbonyl (C=O) groups is 1. The molecular weight excluding hydrogens is 300 g/mol. The van der Waals surface area contributed by atoms with Crippen molar-refractivity contribution < 1.29 is 9.90 Å². The van der Waals surface area contributed by atoms with Gasteiger partial charge in [-0.3, -0.25) is 4.79 Å². The molecule has 0 spiro atoms. The minimum atomic E-state index is 0.173. The highest BCUT2D eigenvalue weighted by molar-refractivity contribution is 6.25. The van der Waals surface area contributed by atoms with E-state index in [4.69, 9.17) is 0 Å². The minimum Gasteiger partial charge on any atom is -0.512 e. The molecule has 0 unspecified atom stereocenters. The van der Waals surface area contributed by atoms with Gasteiger partial charge in [0.1, 0.15) is 5.71 Å². The second-order valence-corrected chi connectivity index (χ2v) is 5.66. The van der Waals surface area contributed by atoms with Crippen LogP contribution in [0.25, 0.3) is 11.1 Å². The Labute approximate surface area is 139 Å². The molecule has 4 heteroatoms. The van der Waals surface area contributed by atoms with Crippen molar-refractivity contribution in [3.05, 3.63) is 83.1 Å². The van der Waals surface area contributed by atoms with Gasteiger partial charge in [-0.1, -0.05) is 48.5 Å². The van der Waals surface area contributed by atoms with Crippen LogP contribution >= 0.6 is 0 Å². The molecule has 0 heterocycles. The molecule has 4 nitrogen and oxygen atoms in total. The molecule has 0 bridgehead atoms. The molecular formula is C20H14N2O2. The first-order valence-electron chi connectivity index (χ1n) is 7.67. The van der Waals surface area contributed by atoms with Crippen molar-refractivity contribution >= 4 is 17.7 Å². The van der Waals surface area contributed by atoms with E-state index in [9.17, 15) is 9.90 Å². The summed E-state index contributed by atoms with van der Waals surface area (Å²) in [6, 6.07) is 16.1. The van der Waals surface area contributed by atoms with Crippen molar-refractivity contribution in [2.75, 3.05) is 0 Å². The van der Waals surface area contributed by atoms with Crippen LogP contribution in [0.1, 0.15) is 17.5 Å². The van der Waals surface area contributed by atoms with Crippen LogP contribution in [0.15, 0.2) is 82.2 Å². The number of aldehydes is 1. The van der Waals surface area contributed by atoms with Gasteiger partial charge in [0.25, 0.3) is 0 Å². The molecule has 4 rings (SSSR count). The van der Waals surface area contributed by atoms with Crippen LogP contribution in [0, 0.1) is 0 Å². The lowest BCUT2D eigenvalue weighted by molar-refractivity contribution is -0.104. The number of hydrogen-bond donors (Lipinski definition) is 1. The molecule has 116 valence electrons. The predicted molar refractivity (Wildman–Crippen MR) is 94.4 cm³/mol. The van der Waals surface area contributed by atoms with Crippen LogP contribution in [0.3, 0.4) is 0 Å². The largest absolute Gasteiger partial charge is 0.512 e. The number of rotatable bonds is 2.